The van der Waals surface area contributed by atoms with Crippen molar-refractivity contribution in [3.8, 4) is 11.5 Å². The zero-order valence-electron chi connectivity index (χ0n) is 17.2. The summed E-state index contributed by atoms with van der Waals surface area (Å²) in [5, 5.41) is 11.9. The molecule has 0 saturated heterocycles. The summed E-state index contributed by atoms with van der Waals surface area (Å²) in [6.45, 7) is 1.79. The Morgan fingerprint density at radius 2 is 1.76 bits per heavy atom. The Balaban J connectivity index is 1.70. The van der Waals surface area contributed by atoms with Crippen LogP contribution < -0.4 is 10.4 Å². The van der Waals surface area contributed by atoms with E-state index in [0.717, 1.165) is 17.2 Å². The van der Waals surface area contributed by atoms with Gasteiger partial charge in [-0.15, -0.1) is 0 Å². The van der Waals surface area contributed by atoms with E-state index in [0.29, 0.717) is 29.5 Å². The maximum atomic E-state index is 12.9. The van der Waals surface area contributed by atoms with Crippen molar-refractivity contribution in [1.29, 1.82) is 0 Å². The van der Waals surface area contributed by atoms with Gasteiger partial charge in [0.15, 0.2) is 0 Å². The van der Waals surface area contributed by atoms with E-state index in [-0.39, 0.29) is 17.1 Å². The summed E-state index contributed by atoms with van der Waals surface area (Å²) in [7, 11) is 0. The van der Waals surface area contributed by atoms with Crippen LogP contribution in [-0.4, -0.2) is 4.92 Å². The molecule has 4 rings (SSSR count). The van der Waals surface area contributed by atoms with Crippen LogP contribution in [0.1, 0.15) is 22.3 Å². The fourth-order valence-corrected chi connectivity index (χ4v) is 3.49. The van der Waals surface area contributed by atoms with E-state index >= 15 is 0 Å². The molecule has 0 N–H and O–H groups in total. The zero-order valence-corrected chi connectivity index (χ0v) is 17.2. The van der Waals surface area contributed by atoms with Gasteiger partial charge in [0.25, 0.3) is 0 Å². The lowest BCUT2D eigenvalue weighted by molar-refractivity contribution is -0.385. The largest absolute Gasteiger partial charge is 0.450 e. The Morgan fingerprint density at radius 1 is 1.03 bits per heavy atom. The minimum absolute atomic E-state index is 0.0729. The molecule has 1 aromatic heterocycles. The van der Waals surface area contributed by atoms with E-state index < -0.39 is 28.0 Å². The summed E-state index contributed by atoms with van der Waals surface area (Å²) in [5.74, 6) is -0.296. The highest BCUT2D eigenvalue weighted by molar-refractivity contribution is 5.82. The lowest BCUT2D eigenvalue weighted by atomic mass is 10.00. The van der Waals surface area contributed by atoms with Crippen LogP contribution in [0.5, 0.6) is 11.5 Å². The van der Waals surface area contributed by atoms with Crippen LogP contribution in [0.4, 0.5) is 18.9 Å². The van der Waals surface area contributed by atoms with E-state index in [1.54, 1.807) is 13.0 Å². The first-order valence-electron chi connectivity index (χ1n) is 9.77. The number of aryl methyl sites for hydroxylation is 1. The highest BCUT2D eigenvalue weighted by Gasteiger charge is 2.33. The average Bonchev–Trinajstić information content (AvgIpc) is 2.76. The molecule has 9 heteroatoms. The van der Waals surface area contributed by atoms with E-state index in [2.05, 4.69) is 0 Å². The minimum Gasteiger partial charge on any atom is -0.450 e. The summed E-state index contributed by atoms with van der Waals surface area (Å²) >= 11 is 0. The number of rotatable bonds is 5. The van der Waals surface area contributed by atoms with Crippen molar-refractivity contribution < 1.29 is 27.2 Å². The second-order valence-corrected chi connectivity index (χ2v) is 7.35. The summed E-state index contributed by atoms with van der Waals surface area (Å²) < 4.78 is 49.6. The van der Waals surface area contributed by atoms with Crippen molar-refractivity contribution in [1.82, 2.24) is 0 Å². The van der Waals surface area contributed by atoms with Crippen molar-refractivity contribution in [2.45, 2.75) is 19.5 Å². The first-order chi connectivity index (χ1) is 15.6. The highest BCUT2D eigenvalue weighted by Crippen LogP contribution is 2.38. The lowest BCUT2D eigenvalue weighted by Crippen LogP contribution is -2.11. The third-order valence-corrected chi connectivity index (χ3v) is 5.19. The van der Waals surface area contributed by atoms with Gasteiger partial charge < -0.3 is 9.15 Å². The molecule has 168 valence electrons. The zero-order chi connectivity index (χ0) is 23.8. The summed E-state index contributed by atoms with van der Waals surface area (Å²) in [6.07, 6.45) is -4.34. The molecular formula is C24H16F3NO5. The molecule has 3 aromatic carbocycles. The molecule has 0 amide bonds. The summed E-state index contributed by atoms with van der Waals surface area (Å²) in [6, 6.07) is 15.9. The molecule has 0 radical (unpaired) electrons. The molecule has 0 unspecified atom stereocenters. The maximum Gasteiger partial charge on any atom is 0.416 e. The fourth-order valence-electron chi connectivity index (χ4n) is 3.49. The Kier molecular flexibility index (Phi) is 5.63. The van der Waals surface area contributed by atoms with E-state index in [4.69, 9.17) is 9.15 Å². The van der Waals surface area contributed by atoms with Crippen LogP contribution in [0.2, 0.25) is 0 Å². The van der Waals surface area contributed by atoms with Gasteiger partial charge in [0, 0.05) is 29.5 Å². The summed E-state index contributed by atoms with van der Waals surface area (Å²) in [5.41, 5.74) is -0.156. The maximum absolute atomic E-state index is 12.9. The first-order valence-corrected chi connectivity index (χ1v) is 9.77. The second-order valence-electron chi connectivity index (χ2n) is 7.35. The number of halogens is 3. The Bertz CT molecular complexity index is 1410. The molecule has 0 atom stereocenters. The Labute approximate surface area is 185 Å². The van der Waals surface area contributed by atoms with Gasteiger partial charge in [0.05, 0.1) is 10.5 Å². The van der Waals surface area contributed by atoms with Crippen molar-refractivity contribution in [3.05, 3.63) is 110 Å². The molecule has 0 fully saturated rings. The van der Waals surface area contributed by atoms with Crippen molar-refractivity contribution in [2.24, 2.45) is 0 Å². The van der Waals surface area contributed by atoms with Crippen LogP contribution in [0, 0.1) is 17.0 Å². The lowest BCUT2D eigenvalue weighted by Gasteiger charge is -2.11. The highest BCUT2D eigenvalue weighted by atomic mass is 19.4. The van der Waals surface area contributed by atoms with Crippen LogP contribution in [0.3, 0.4) is 0 Å². The van der Waals surface area contributed by atoms with Crippen LogP contribution in [0.25, 0.3) is 11.0 Å². The van der Waals surface area contributed by atoms with Gasteiger partial charge >= 0.3 is 17.5 Å². The van der Waals surface area contributed by atoms with Gasteiger partial charge in [-0.2, -0.15) is 13.2 Å². The van der Waals surface area contributed by atoms with Gasteiger partial charge in [-0.25, -0.2) is 4.79 Å². The van der Waals surface area contributed by atoms with E-state index in [9.17, 15) is 28.1 Å². The van der Waals surface area contributed by atoms with Crippen LogP contribution >= 0.6 is 0 Å². The SMILES string of the molecule is Cc1c(Cc2ccccc2)c(=O)oc2cc(Oc3ccc(C(F)(F)F)cc3[N+](=O)[O-])ccc12. The van der Waals surface area contributed by atoms with E-state index in [1.165, 1.54) is 12.1 Å². The fraction of sp³-hybridized carbons (Fsp3) is 0.125. The number of hydrogen-bond acceptors (Lipinski definition) is 5. The third-order valence-electron chi connectivity index (χ3n) is 5.19. The monoisotopic (exact) mass is 455 g/mol. The summed E-state index contributed by atoms with van der Waals surface area (Å²) in [4.78, 5) is 22.9. The topological polar surface area (TPSA) is 82.6 Å². The quantitative estimate of drug-likeness (QED) is 0.197. The molecule has 0 saturated carbocycles. The molecule has 6 nitrogen and oxygen atoms in total. The van der Waals surface area contributed by atoms with Crippen LogP contribution in [-0.2, 0) is 12.6 Å². The molecule has 0 spiro atoms. The van der Waals surface area contributed by atoms with Crippen molar-refractivity contribution in [2.75, 3.05) is 0 Å². The number of ether oxygens (including phenoxy) is 1. The number of benzene rings is 3. The minimum atomic E-state index is -4.73. The van der Waals surface area contributed by atoms with E-state index in [1.807, 2.05) is 30.3 Å². The normalized spacial score (nSPS) is 11.5. The molecular weight excluding hydrogens is 439 g/mol. The molecule has 0 aliphatic heterocycles. The van der Waals surface area contributed by atoms with Gasteiger partial charge in [0.2, 0.25) is 5.75 Å². The second kappa shape index (κ2) is 8.42. The van der Waals surface area contributed by atoms with Gasteiger partial charge in [-0.1, -0.05) is 30.3 Å². The van der Waals surface area contributed by atoms with Gasteiger partial charge in [-0.05, 0) is 42.3 Å². The number of hydrogen-bond donors (Lipinski definition) is 0. The Hall–Kier alpha value is -4.14. The first kappa shape index (κ1) is 22.1. The van der Waals surface area contributed by atoms with Crippen molar-refractivity contribution >= 4 is 16.7 Å². The molecule has 4 aromatic rings. The number of nitro groups is 1. The smallest absolute Gasteiger partial charge is 0.416 e. The molecule has 1 heterocycles. The van der Waals surface area contributed by atoms with Crippen LogP contribution in [0.15, 0.2) is 75.9 Å². The molecule has 33 heavy (non-hydrogen) atoms. The molecule has 0 aliphatic rings. The number of nitro benzene ring substituents is 1. The average molecular weight is 455 g/mol. The standard InChI is InChI=1S/C24H16F3NO5/c1-14-18-9-8-17(32-21-10-7-16(24(25,26)27)12-20(21)28(30)31)13-22(18)33-23(29)19(14)11-15-5-3-2-4-6-15/h2-10,12-13H,11H2,1H3. The number of fused-ring (bicyclic) bond motifs is 1. The third kappa shape index (κ3) is 4.57. The predicted octanol–water partition coefficient (Wildman–Crippen LogP) is 6.41. The Morgan fingerprint density at radius 3 is 2.42 bits per heavy atom. The molecule has 0 bridgehead atoms. The van der Waals surface area contributed by atoms with Gasteiger partial charge in [-0.3, -0.25) is 10.1 Å². The number of alkyl halides is 3. The van der Waals surface area contributed by atoms with Crippen molar-refractivity contribution in [3.63, 3.8) is 0 Å². The predicted molar refractivity (Wildman–Crippen MR) is 115 cm³/mol. The number of nitrogens with zero attached hydrogens (tertiary/aromatic N) is 1. The molecule has 0 aliphatic carbocycles. The van der Waals surface area contributed by atoms with Gasteiger partial charge in [0.1, 0.15) is 11.3 Å².